The molecule has 246 valence electrons. The molecule has 2 fully saturated rings. The van der Waals surface area contributed by atoms with Crippen LogP contribution in [0.1, 0.15) is 55.7 Å². The number of carbonyl (C=O) groups excluding carboxylic acids is 1. The third kappa shape index (κ3) is 5.97. The van der Waals surface area contributed by atoms with Crippen LogP contribution in [-0.2, 0) is 27.4 Å². The normalized spacial score (nSPS) is 17.3. The SMILES string of the molecule is CCCCOC(=O)Nc1sc2c(F)cnc(-c3c4c(c5cnc(OCC6(CN7CCOCC7)CCC6)nc5c3F)COC4)c2c1C#N. The van der Waals surface area contributed by atoms with Gasteiger partial charge in [0.1, 0.15) is 16.6 Å². The van der Waals surface area contributed by atoms with Crippen LogP contribution in [0.4, 0.5) is 18.6 Å². The highest BCUT2D eigenvalue weighted by Gasteiger charge is 2.40. The molecule has 14 heteroatoms. The molecule has 0 bridgehead atoms. The van der Waals surface area contributed by atoms with E-state index in [2.05, 4.69) is 31.2 Å². The van der Waals surface area contributed by atoms with E-state index in [-0.39, 0.29) is 68.7 Å². The lowest BCUT2D eigenvalue weighted by Gasteiger charge is -2.45. The first-order valence-electron chi connectivity index (χ1n) is 15.9. The molecule has 5 heterocycles. The van der Waals surface area contributed by atoms with Crippen molar-refractivity contribution in [2.45, 2.75) is 52.2 Å². The molecular weight excluding hydrogens is 630 g/mol. The van der Waals surface area contributed by atoms with Crippen molar-refractivity contribution in [1.82, 2.24) is 19.9 Å². The second-order valence-electron chi connectivity index (χ2n) is 12.3. The Kier molecular flexibility index (Phi) is 8.89. The number of pyridine rings is 1. The van der Waals surface area contributed by atoms with Crippen molar-refractivity contribution >= 4 is 43.4 Å². The van der Waals surface area contributed by atoms with Gasteiger partial charge >= 0.3 is 12.1 Å². The lowest BCUT2D eigenvalue weighted by Crippen LogP contribution is -2.49. The number of anilines is 1. The number of fused-ring (bicyclic) bond motifs is 4. The van der Waals surface area contributed by atoms with Crippen molar-refractivity contribution in [3.05, 3.63) is 40.7 Å². The summed E-state index contributed by atoms with van der Waals surface area (Å²) in [6, 6.07) is 2.12. The van der Waals surface area contributed by atoms with Crippen molar-refractivity contribution in [3.63, 3.8) is 0 Å². The van der Waals surface area contributed by atoms with Crippen LogP contribution in [0.5, 0.6) is 6.01 Å². The smallest absolute Gasteiger partial charge is 0.412 e. The minimum atomic E-state index is -0.763. The van der Waals surface area contributed by atoms with Crippen molar-refractivity contribution in [2.75, 3.05) is 51.4 Å². The number of carbonyl (C=O) groups is 1. The van der Waals surface area contributed by atoms with Crippen molar-refractivity contribution in [1.29, 1.82) is 5.26 Å². The van der Waals surface area contributed by atoms with E-state index in [9.17, 15) is 10.1 Å². The number of hydrogen-bond acceptors (Lipinski definition) is 11. The van der Waals surface area contributed by atoms with Gasteiger partial charge in [0.15, 0.2) is 11.6 Å². The summed E-state index contributed by atoms with van der Waals surface area (Å²) in [5.74, 6) is -1.40. The van der Waals surface area contributed by atoms with Crippen LogP contribution in [-0.4, -0.2) is 72.0 Å². The molecule has 0 spiro atoms. The van der Waals surface area contributed by atoms with Gasteiger partial charge in [0.05, 0.1) is 61.8 Å². The van der Waals surface area contributed by atoms with E-state index in [1.807, 2.05) is 6.92 Å². The molecule has 0 radical (unpaired) electrons. The number of halogens is 2. The number of nitrogens with one attached hydrogen (secondary N) is 1. The Morgan fingerprint density at radius 1 is 1.17 bits per heavy atom. The number of unbranched alkanes of at least 4 members (excludes halogenated alkanes) is 1. The van der Waals surface area contributed by atoms with Gasteiger partial charge in [-0.1, -0.05) is 19.8 Å². The molecule has 1 saturated heterocycles. The summed E-state index contributed by atoms with van der Waals surface area (Å²) in [7, 11) is 0. The maximum absolute atomic E-state index is 16.8. The molecular formula is C33H34F2N6O5S. The fraction of sp³-hybridized carbons (Fsp3) is 0.485. The summed E-state index contributed by atoms with van der Waals surface area (Å²) in [4.78, 5) is 28.1. The monoisotopic (exact) mass is 664 g/mol. The molecule has 1 amide bonds. The Bertz CT molecular complexity index is 1890. The maximum atomic E-state index is 16.8. The molecule has 11 nitrogen and oxygen atoms in total. The molecule has 1 aromatic carbocycles. The predicted octanol–water partition coefficient (Wildman–Crippen LogP) is 6.32. The van der Waals surface area contributed by atoms with E-state index in [0.717, 1.165) is 76.1 Å². The first-order chi connectivity index (χ1) is 22.9. The summed E-state index contributed by atoms with van der Waals surface area (Å²) >= 11 is 0.866. The topological polar surface area (TPSA) is 132 Å². The third-order valence-corrected chi connectivity index (χ3v) is 10.3. The lowest BCUT2D eigenvalue weighted by molar-refractivity contribution is -0.0255. The number of morpholine rings is 1. The minimum absolute atomic E-state index is 0.0183. The highest BCUT2D eigenvalue weighted by Crippen LogP contribution is 2.46. The van der Waals surface area contributed by atoms with Gasteiger partial charge in [-0.3, -0.25) is 15.2 Å². The number of ether oxygens (including phenoxy) is 4. The molecule has 1 saturated carbocycles. The third-order valence-electron chi connectivity index (χ3n) is 9.23. The number of hydrogen-bond donors (Lipinski definition) is 1. The number of nitrogens with zero attached hydrogens (tertiary/aromatic N) is 5. The first kappa shape index (κ1) is 31.6. The highest BCUT2D eigenvalue weighted by molar-refractivity contribution is 7.23. The molecule has 0 atom stereocenters. The molecule has 4 aromatic rings. The second-order valence-corrected chi connectivity index (χ2v) is 13.3. The molecule has 2 aliphatic heterocycles. The Hall–Kier alpha value is -4.03. The van der Waals surface area contributed by atoms with Gasteiger partial charge in [0.2, 0.25) is 0 Å². The molecule has 1 N–H and O–H groups in total. The average Bonchev–Trinajstić information content (AvgIpc) is 3.69. The maximum Gasteiger partial charge on any atom is 0.412 e. The zero-order chi connectivity index (χ0) is 32.5. The summed E-state index contributed by atoms with van der Waals surface area (Å²) in [6.45, 7) is 6.97. The fourth-order valence-corrected chi connectivity index (χ4v) is 7.62. The fourth-order valence-electron chi connectivity index (χ4n) is 6.58. The standard InChI is InChI=1S/C33H34F2N6O5S/c1-2-3-9-45-32(42)40-30-19(12-36)25-28(37-14-23(34)29(25)47-30)24-22-16-44-15-21(22)20-13-38-31(39-27(20)26(24)35)46-18-33(5-4-6-33)17-41-7-10-43-11-8-41/h13-14H,2-11,15-18H2,1H3,(H,40,42). The number of nitriles is 1. The molecule has 7 rings (SSSR count). The number of benzene rings is 1. The first-order valence-corrected chi connectivity index (χ1v) is 16.7. The summed E-state index contributed by atoms with van der Waals surface area (Å²) in [5, 5.41) is 13.4. The lowest BCUT2D eigenvalue weighted by atomic mass is 9.69. The Morgan fingerprint density at radius 2 is 1.98 bits per heavy atom. The van der Waals surface area contributed by atoms with Crippen molar-refractivity contribution in [3.8, 4) is 23.3 Å². The van der Waals surface area contributed by atoms with E-state index in [4.69, 9.17) is 18.9 Å². The number of rotatable bonds is 10. The van der Waals surface area contributed by atoms with Crippen molar-refractivity contribution < 1.29 is 32.5 Å². The predicted molar refractivity (Wildman–Crippen MR) is 170 cm³/mol. The van der Waals surface area contributed by atoms with Crippen LogP contribution < -0.4 is 10.1 Å². The molecule has 0 unspecified atom stereocenters. The average molecular weight is 665 g/mol. The van der Waals surface area contributed by atoms with Crippen LogP contribution in [0.15, 0.2) is 12.4 Å². The Balaban J connectivity index is 1.26. The summed E-state index contributed by atoms with van der Waals surface area (Å²) < 4.78 is 54.6. The van der Waals surface area contributed by atoms with E-state index < -0.39 is 17.7 Å². The van der Waals surface area contributed by atoms with E-state index in [0.29, 0.717) is 29.5 Å². The molecule has 3 aliphatic rings. The number of amides is 1. The summed E-state index contributed by atoms with van der Waals surface area (Å²) in [5.41, 5.74) is 1.30. The van der Waals surface area contributed by atoms with Gasteiger partial charge in [-0.05, 0) is 30.4 Å². The molecule has 47 heavy (non-hydrogen) atoms. The van der Waals surface area contributed by atoms with Gasteiger partial charge in [-0.25, -0.2) is 18.6 Å². The van der Waals surface area contributed by atoms with E-state index in [1.165, 1.54) is 0 Å². The zero-order valence-corrected chi connectivity index (χ0v) is 26.8. The Labute approximate surface area is 273 Å². The Morgan fingerprint density at radius 3 is 2.72 bits per heavy atom. The quantitative estimate of drug-likeness (QED) is 0.192. The summed E-state index contributed by atoms with van der Waals surface area (Å²) in [6.07, 6.45) is 6.48. The van der Waals surface area contributed by atoms with Crippen LogP contribution in [0.3, 0.4) is 0 Å². The minimum Gasteiger partial charge on any atom is -0.463 e. The number of aromatic nitrogens is 3. The van der Waals surface area contributed by atoms with Crippen LogP contribution in [0.2, 0.25) is 0 Å². The van der Waals surface area contributed by atoms with E-state index in [1.54, 1.807) is 6.20 Å². The van der Waals surface area contributed by atoms with Crippen LogP contribution >= 0.6 is 11.3 Å². The van der Waals surface area contributed by atoms with Crippen LogP contribution in [0.25, 0.3) is 32.2 Å². The van der Waals surface area contributed by atoms with Crippen molar-refractivity contribution in [2.24, 2.45) is 5.41 Å². The van der Waals surface area contributed by atoms with Gasteiger partial charge in [-0.15, -0.1) is 11.3 Å². The van der Waals surface area contributed by atoms with Crippen LogP contribution in [0, 0.1) is 28.4 Å². The van der Waals surface area contributed by atoms with Gasteiger partial charge in [0, 0.05) is 47.6 Å². The largest absolute Gasteiger partial charge is 0.463 e. The highest BCUT2D eigenvalue weighted by atomic mass is 32.1. The molecule has 3 aromatic heterocycles. The van der Waals surface area contributed by atoms with Gasteiger partial charge in [-0.2, -0.15) is 10.2 Å². The second kappa shape index (κ2) is 13.2. The zero-order valence-electron chi connectivity index (χ0n) is 26.0. The van der Waals surface area contributed by atoms with Gasteiger partial charge in [0.25, 0.3) is 0 Å². The number of thiophene rings is 1. The van der Waals surface area contributed by atoms with E-state index >= 15 is 8.78 Å². The van der Waals surface area contributed by atoms with Gasteiger partial charge < -0.3 is 18.9 Å². The molecule has 1 aliphatic carbocycles.